The molecule has 128 valence electrons. The van der Waals surface area contributed by atoms with Gasteiger partial charge in [-0.05, 0) is 0 Å². The maximum Gasteiger partial charge on any atom is 4.00 e. The average molecular weight is 457 g/mol. The van der Waals surface area contributed by atoms with Crippen molar-refractivity contribution >= 4 is 18.4 Å². The Kier molecular flexibility index (Phi) is 8.27. The van der Waals surface area contributed by atoms with Crippen LogP contribution in [-0.4, -0.2) is 8.07 Å². The van der Waals surface area contributed by atoms with Gasteiger partial charge in [0.15, 0.2) is 0 Å². The molecule has 2 aliphatic carbocycles. The number of aryl methyl sites for hydroxylation is 4. The molecule has 0 fully saturated rings. The first kappa shape index (κ1) is 22.4. The van der Waals surface area contributed by atoms with Crippen LogP contribution >= 0.6 is 0 Å². The molecule has 0 N–H and O–H groups in total. The molecule has 4 heteroatoms. The van der Waals surface area contributed by atoms with Gasteiger partial charge in [-0.1, -0.05) is 64.5 Å². The molecule has 0 atom stereocenters. The van der Waals surface area contributed by atoms with E-state index in [0.29, 0.717) is 0 Å². The van der Waals surface area contributed by atoms with E-state index in [9.17, 15) is 0 Å². The summed E-state index contributed by atoms with van der Waals surface area (Å²) in [4.78, 5) is 0. The predicted octanol–water partition coefficient (Wildman–Crippen LogP) is -2.29. The van der Waals surface area contributed by atoms with Crippen LogP contribution in [0.5, 0.6) is 0 Å². The van der Waals surface area contributed by atoms with Gasteiger partial charge in [0.25, 0.3) is 0 Å². The minimum absolute atomic E-state index is 0. The van der Waals surface area contributed by atoms with Gasteiger partial charge in [0.05, 0.1) is 8.07 Å². The fourth-order valence-corrected chi connectivity index (χ4v) is 6.76. The Morgan fingerprint density at radius 2 is 1.08 bits per heavy atom. The van der Waals surface area contributed by atoms with Crippen LogP contribution in [-0.2, 0) is 51.9 Å². The molecular formula is C20H26Cl2SiZr. The fraction of sp³-hybridized carbons (Fsp3) is 0.500. The van der Waals surface area contributed by atoms with Crippen molar-refractivity contribution in [1.29, 1.82) is 0 Å². The van der Waals surface area contributed by atoms with Crippen molar-refractivity contribution in [3.05, 3.63) is 46.5 Å². The maximum absolute atomic E-state index is 2.56. The molecule has 2 aromatic rings. The molecule has 0 saturated heterocycles. The Hall–Kier alpha value is 0.380. The first-order chi connectivity index (χ1) is 10.1. The molecule has 0 radical (unpaired) electrons. The zero-order chi connectivity index (χ0) is 14.4. The van der Waals surface area contributed by atoms with E-state index in [1.807, 2.05) is 0 Å². The Labute approximate surface area is 179 Å². The summed E-state index contributed by atoms with van der Waals surface area (Å²) in [5, 5.41) is 3.36. The van der Waals surface area contributed by atoms with E-state index in [1.165, 1.54) is 51.4 Å². The van der Waals surface area contributed by atoms with Crippen LogP contribution in [0.3, 0.4) is 0 Å². The monoisotopic (exact) mass is 454 g/mol. The summed E-state index contributed by atoms with van der Waals surface area (Å²) >= 11 is 0. The average Bonchev–Trinajstić information content (AvgIpc) is 3.11. The Morgan fingerprint density at radius 3 is 1.46 bits per heavy atom. The van der Waals surface area contributed by atoms with E-state index < -0.39 is 8.07 Å². The third kappa shape index (κ3) is 4.03. The largest absolute Gasteiger partial charge is 4.00 e. The normalized spacial score (nSPS) is 16.1. The molecule has 0 aromatic heterocycles. The first-order valence-corrected chi connectivity index (χ1v) is 11.7. The molecule has 0 amide bonds. The number of fused-ring (bicyclic) bond motifs is 2. The van der Waals surface area contributed by atoms with Crippen LogP contribution in [0.15, 0.2) is 24.3 Å². The molecule has 0 unspecified atom stereocenters. The van der Waals surface area contributed by atoms with Crippen LogP contribution in [0.4, 0.5) is 0 Å². The molecule has 24 heavy (non-hydrogen) atoms. The van der Waals surface area contributed by atoms with Gasteiger partial charge in [-0.2, -0.15) is 44.8 Å². The third-order valence-corrected chi connectivity index (χ3v) is 9.34. The van der Waals surface area contributed by atoms with Crippen LogP contribution in [0, 0.1) is 0 Å². The van der Waals surface area contributed by atoms with Crippen molar-refractivity contribution in [2.45, 2.75) is 64.5 Å². The summed E-state index contributed by atoms with van der Waals surface area (Å²) in [6, 6.07) is 10.2. The molecule has 2 aromatic carbocycles. The molecule has 4 rings (SSSR count). The van der Waals surface area contributed by atoms with Gasteiger partial charge in [-0.25, -0.2) is 12.1 Å². The van der Waals surface area contributed by atoms with Crippen molar-refractivity contribution in [2.24, 2.45) is 0 Å². The van der Waals surface area contributed by atoms with Gasteiger partial charge >= 0.3 is 26.2 Å². The van der Waals surface area contributed by atoms with E-state index in [2.05, 4.69) is 37.4 Å². The van der Waals surface area contributed by atoms with E-state index >= 15 is 0 Å². The number of rotatable bonds is 2. The Morgan fingerprint density at radius 1 is 0.708 bits per heavy atom. The fourth-order valence-electron chi connectivity index (χ4n) is 4.29. The standard InChI is InChI=1S/C20H26Si.2ClH.Zr/c1-21(2,19-11-15-7-3-4-8-16(15)12-19)20-13-17-9-5-6-10-18(17)14-20;;;/h11-14H,3-10H2,1-2H3;2*1H;/q-2;;;+4/p-2. The number of halogens is 2. The zero-order valence-electron chi connectivity index (χ0n) is 14.7. The van der Waals surface area contributed by atoms with Crippen molar-refractivity contribution in [1.82, 2.24) is 0 Å². The van der Waals surface area contributed by atoms with Crippen LogP contribution in [0.2, 0.25) is 13.1 Å². The summed E-state index contributed by atoms with van der Waals surface area (Å²) in [5.74, 6) is 0. The topological polar surface area (TPSA) is 0 Å². The summed E-state index contributed by atoms with van der Waals surface area (Å²) in [5.41, 5.74) is 6.64. The second kappa shape index (κ2) is 8.85. The van der Waals surface area contributed by atoms with Crippen molar-refractivity contribution in [3.63, 3.8) is 0 Å². The van der Waals surface area contributed by atoms with E-state index in [4.69, 9.17) is 0 Å². The molecule has 0 nitrogen and oxygen atoms in total. The predicted molar refractivity (Wildman–Crippen MR) is 94.1 cm³/mol. The van der Waals surface area contributed by atoms with Crippen molar-refractivity contribution in [3.8, 4) is 0 Å². The first-order valence-electron chi connectivity index (χ1n) is 8.72. The number of hydrogen-bond acceptors (Lipinski definition) is 0. The molecule has 0 spiro atoms. The van der Waals surface area contributed by atoms with E-state index in [1.54, 1.807) is 32.6 Å². The Balaban J connectivity index is 0.000000960. The van der Waals surface area contributed by atoms with E-state index in [-0.39, 0.29) is 51.0 Å². The van der Waals surface area contributed by atoms with Gasteiger partial charge in [-0.15, -0.1) is 0 Å². The maximum atomic E-state index is 2.56. The Bertz CT molecular complexity index is 566. The van der Waals surface area contributed by atoms with Crippen LogP contribution in [0.1, 0.15) is 47.9 Å². The SMILES string of the molecule is C[Si](C)(c1cc2c([cH-]1)CCCC2)c1cc2c([cH-]1)CCCC2.[Cl-].[Cl-].[Zr+4]. The second-order valence-corrected chi connectivity index (χ2v) is 12.0. The zero-order valence-corrected chi connectivity index (χ0v) is 19.7. The smallest absolute Gasteiger partial charge is 1.00 e. The van der Waals surface area contributed by atoms with Crippen LogP contribution in [0.25, 0.3) is 0 Å². The van der Waals surface area contributed by atoms with Crippen molar-refractivity contribution in [2.75, 3.05) is 0 Å². The van der Waals surface area contributed by atoms with Gasteiger partial charge in [0.2, 0.25) is 0 Å². The summed E-state index contributed by atoms with van der Waals surface area (Å²) in [6.45, 7) is 5.10. The summed E-state index contributed by atoms with van der Waals surface area (Å²) in [7, 11) is -1.49. The van der Waals surface area contributed by atoms with E-state index in [0.717, 1.165) is 0 Å². The minimum atomic E-state index is -1.49. The number of hydrogen-bond donors (Lipinski definition) is 0. The van der Waals surface area contributed by atoms with Gasteiger partial charge in [0, 0.05) is 0 Å². The quantitative estimate of drug-likeness (QED) is 0.353. The second-order valence-electron chi connectivity index (χ2n) is 7.63. The molecule has 2 aliphatic rings. The molecular weight excluding hydrogens is 430 g/mol. The van der Waals surface area contributed by atoms with Crippen LogP contribution < -0.4 is 35.2 Å². The van der Waals surface area contributed by atoms with Gasteiger partial charge in [0.1, 0.15) is 0 Å². The third-order valence-electron chi connectivity index (χ3n) is 5.87. The van der Waals surface area contributed by atoms with Gasteiger partial charge in [-0.3, -0.25) is 0 Å². The van der Waals surface area contributed by atoms with Gasteiger partial charge < -0.3 is 24.8 Å². The molecule has 0 bridgehead atoms. The molecule has 0 saturated carbocycles. The summed E-state index contributed by atoms with van der Waals surface area (Å²) < 4.78 is 0. The summed E-state index contributed by atoms with van der Waals surface area (Å²) in [6.07, 6.45) is 10.8. The molecule has 0 aliphatic heterocycles. The van der Waals surface area contributed by atoms with Crippen molar-refractivity contribution < 1.29 is 51.0 Å². The molecule has 0 heterocycles. The minimum Gasteiger partial charge on any atom is -1.00 e.